The zero-order valence-electron chi connectivity index (χ0n) is 21.0. The van der Waals surface area contributed by atoms with E-state index in [1.54, 1.807) is 43.0 Å². The van der Waals surface area contributed by atoms with Crippen molar-refractivity contribution in [2.45, 2.75) is 18.7 Å². The second kappa shape index (κ2) is 10.4. The maximum Gasteiger partial charge on any atom is 0.253 e. The van der Waals surface area contributed by atoms with Gasteiger partial charge in [0.2, 0.25) is 10.0 Å². The minimum absolute atomic E-state index is 0.161. The highest BCUT2D eigenvalue weighted by atomic mass is 32.2. The molecular formula is C25H27FN8O3S. The molecule has 4 aromatic rings. The Morgan fingerprint density at radius 3 is 2.24 bits per heavy atom. The second-order valence-corrected chi connectivity index (χ2v) is 10.7. The van der Waals surface area contributed by atoms with Crippen LogP contribution in [0.3, 0.4) is 0 Å². The van der Waals surface area contributed by atoms with Crippen LogP contribution in [0.4, 0.5) is 10.2 Å². The van der Waals surface area contributed by atoms with Crippen molar-refractivity contribution in [3.05, 3.63) is 66.2 Å². The predicted molar refractivity (Wildman–Crippen MR) is 139 cm³/mol. The van der Waals surface area contributed by atoms with Crippen molar-refractivity contribution in [1.29, 1.82) is 0 Å². The van der Waals surface area contributed by atoms with Crippen LogP contribution in [0.15, 0.2) is 59.8 Å². The van der Waals surface area contributed by atoms with E-state index >= 15 is 0 Å². The maximum absolute atomic E-state index is 13.3. The van der Waals surface area contributed by atoms with Gasteiger partial charge in [-0.3, -0.25) is 4.79 Å². The number of hydrogen-bond acceptors (Lipinski definition) is 8. The number of aromatic nitrogens is 5. The Morgan fingerprint density at radius 1 is 0.947 bits per heavy atom. The molecule has 1 fully saturated rings. The van der Waals surface area contributed by atoms with E-state index in [1.165, 1.54) is 39.6 Å². The van der Waals surface area contributed by atoms with Crippen LogP contribution in [0.1, 0.15) is 24.2 Å². The molecule has 0 N–H and O–H groups in total. The van der Waals surface area contributed by atoms with E-state index in [1.807, 2.05) is 4.90 Å². The van der Waals surface area contributed by atoms with Gasteiger partial charge in [-0.2, -0.15) is 8.99 Å². The molecule has 0 bridgehead atoms. The van der Waals surface area contributed by atoms with Crippen LogP contribution in [0.5, 0.6) is 0 Å². The summed E-state index contributed by atoms with van der Waals surface area (Å²) in [6, 6.07) is 12.0. The molecule has 3 heterocycles. The number of amides is 1. The first-order valence-corrected chi connectivity index (χ1v) is 13.7. The van der Waals surface area contributed by atoms with Gasteiger partial charge >= 0.3 is 0 Å². The number of benzene rings is 2. The molecule has 0 atom stereocenters. The molecule has 1 aliphatic rings. The average molecular weight is 539 g/mol. The monoisotopic (exact) mass is 538 g/mol. The molecule has 5 rings (SSSR count). The molecule has 13 heteroatoms. The van der Waals surface area contributed by atoms with Crippen molar-refractivity contribution >= 4 is 32.9 Å². The van der Waals surface area contributed by atoms with Gasteiger partial charge in [0.1, 0.15) is 12.1 Å². The second-order valence-electron chi connectivity index (χ2n) is 8.74. The van der Waals surface area contributed by atoms with Gasteiger partial charge in [0.25, 0.3) is 5.91 Å². The summed E-state index contributed by atoms with van der Waals surface area (Å²) in [5, 5.41) is 8.45. The standard InChI is InChI=1S/C25H27FN8O3S/c1-3-33(4-2)38(36,37)21-11-5-18(6-12-21)25(35)32-15-13-31(14-16-32)23-22-24(28-17-27-23)34(30-29-22)20-9-7-19(26)8-10-20/h5-12,17H,3-4,13-16H2,1-2H3. The maximum atomic E-state index is 13.3. The largest absolute Gasteiger partial charge is 0.351 e. The molecule has 2 aromatic heterocycles. The van der Waals surface area contributed by atoms with Gasteiger partial charge in [-0.15, -0.1) is 5.10 Å². The highest BCUT2D eigenvalue weighted by Gasteiger charge is 2.27. The zero-order chi connectivity index (χ0) is 26.9. The van der Waals surface area contributed by atoms with Crippen LogP contribution in [-0.2, 0) is 10.0 Å². The molecule has 0 unspecified atom stereocenters. The first-order chi connectivity index (χ1) is 18.3. The van der Waals surface area contributed by atoms with E-state index in [0.29, 0.717) is 67.5 Å². The van der Waals surface area contributed by atoms with Crippen LogP contribution >= 0.6 is 0 Å². The van der Waals surface area contributed by atoms with Crippen molar-refractivity contribution in [3.63, 3.8) is 0 Å². The Kier molecular flexibility index (Phi) is 7.04. The smallest absolute Gasteiger partial charge is 0.253 e. The van der Waals surface area contributed by atoms with Crippen LogP contribution < -0.4 is 4.90 Å². The molecule has 0 spiro atoms. The number of fused-ring (bicyclic) bond motifs is 1. The van der Waals surface area contributed by atoms with E-state index in [9.17, 15) is 17.6 Å². The molecule has 1 aliphatic heterocycles. The van der Waals surface area contributed by atoms with Crippen molar-refractivity contribution < 1.29 is 17.6 Å². The number of halogens is 1. The lowest BCUT2D eigenvalue weighted by atomic mass is 10.2. The van der Waals surface area contributed by atoms with Crippen molar-refractivity contribution in [3.8, 4) is 5.69 Å². The van der Waals surface area contributed by atoms with Crippen LogP contribution in [-0.4, -0.2) is 87.8 Å². The fourth-order valence-electron chi connectivity index (χ4n) is 4.51. The summed E-state index contributed by atoms with van der Waals surface area (Å²) in [6.07, 6.45) is 1.44. The number of piperazine rings is 1. The molecule has 11 nitrogen and oxygen atoms in total. The summed E-state index contributed by atoms with van der Waals surface area (Å²) < 4.78 is 41.7. The summed E-state index contributed by atoms with van der Waals surface area (Å²) in [7, 11) is -3.58. The minimum Gasteiger partial charge on any atom is -0.351 e. The third-order valence-electron chi connectivity index (χ3n) is 6.60. The molecule has 1 amide bonds. The van der Waals surface area contributed by atoms with Gasteiger partial charge in [-0.1, -0.05) is 19.1 Å². The minimum atomic E-state index is -3.58. The van der Waals surface area contributed by atoms with E-state index < -0.39 is 10.0 Å². The fourth-order valence-corrected chi connectivity index (χ4v) is 5.97. The average Bonchev–Trinajstić information content (AvgIpc) is 3.38. The third-order valence-corrected chi connectivity index (χ3v) is 8.66. The molecule has 38 heavy (non-hydrogen) atoms. The van der Waals surface area contributed by atoms with Crippen molar-refractivity contribution in [2.75, 3.05) is 44.2 Å². The van der Waals surface area contributed by atoms with Gasteiger partial charge in [0.15, 0.2) is 17.0 Å². The number of hydrogen-bond donors (Lipinski definition) is 0. The van der Waals surface area contributed by atoms with Gasteiger partial charge in [0.05, 0.1) is 10.6 Å². The predicted octanol–water partition coefficient (Wildman–Crippen LogP) is 2.34. The number of carbonyl (C=O) groups is 1. The number of carbonyl (C=O) groups excluding carboxylic acids is 1. The fraction of sp³-hybridized carbons (Fsp3) is 0.320. The summed E-state index contributed by atoms with van der Waals surface area (Å²) >= 11 is 0. The highest BCUT2D eigenvalue weighted by Crippen LogP contribution is 2.24. The van der Waals surface area contributed by atoms with Crippen molar-refractivity contribution in [1.82, 2.24) is 34.2 Å². The molecule has 1 saturated heterocycles. The SMILES string of the molecule is CCN(CC)S(=O)(=O)c1ccc(C(=O)N2CCN(c3ncnc4c3nnn4-c3ccc(F)cc3)CC2)cc1. The number of rotatable bonds is 7. The highest BCUT2D eigenvalue weighted by molar-refractivity contribution is 7.89. The van der Waals surface area contributed by atoms with Crippen LogP contribution in [0.25, 0.3) is 16.9 Å². The summed E-state index contributed by atoms with van der Waals surface area (Å²) in [5.41, 5.74) is 2.08. The quantitative estimate of drug-likeness (QED) is 0.352. The molecule has 0 radical (unpaired) electrons. The number of sulfonamides is 1. The number of nitrogens with zero attached hydrogens (tertiary/aromatic N) is 8. The van der Waals surface area contributed by atoms with Crippen molar-refractivity contribution in [2.24, 2.45) is 0 Å². The molecule has 0 saturated carbocycles. The molecule has 198 valence electrons. The molecule has 2 aromatic carbocycles. The van der Waals surface area contributed by atoms with Gasteiger partial charge < -0.3 is 9.80 Å². The van der Waals surface area contributed by atoms with Crippen LogP contribution in [0.2, 0.25) is 0 Å². The lowest BCUT2D eigenvalue weighted by Crippen LogP contribution is -2.49. The first kappa shape index (κ1) is 25.7. The summed E-state index contributed by atoms with van der Waals surface area (Å²) in [5.74, 6) is 0.106. The van der Waals surface area contributed by atoms with E-state index in [2.05, 4.69) is 20.3 Å². The number of anilines is 1. The van der Waals surface area contributed by atoms with Gasteiger partial charge in [-0.05, 0) is 48.5 Å². The lowest BCUT2D eigenvalue weighted by molar-refractivity contribution is 0.0746. The summed E-state index contributed by atoms with van der Waals surface area (Å²) in [4.78, 5) is 25.8. The molecule has 0 aliphatic carbocycles. The Hall–Kier alpha value is -3.97. The normalized spacial score (nSPS) is 14.4. The molecular weight excluding hydrogens is 511 g/mol. The Bertz CT molecular complexity index is 1550. The topological polar surface area (TPSA) is 117 Å². The zero-order valence-corrected chi connectivity index (χ0v) is 21.8. The Morgan fingerprint density at radius 2 is 1.61 bits per heavy atom. The lowest BCUT2D eigenvalue weighted by Gasteiger charge is -2.35. The Balaban J connectivity index is 1.29. The first-order valence-electron chi connectivity index (χ1n) is 12.3. The van der Waals surface area contributed by atoms with E-state index in [0.717, 1.165) is 0 Å². The van der Waals surface area contributed by atoms with Gasteiger partial charge in [-0.25, -0.2) is 22.8 Å². The van der Waals surface area contributed by atoms with E-state index in [-0.39, 0.29) is 16.6 Å². The summed E-state index contributed by atoms with van der Waals surface area (Å²) in [6.45, 7) is 6.30. The van der Waals surface area contributed by atoms with Crippen LogP contribution in [0, 0.1) is 5.82 Å². The van der Waals surface area contributed by atoms with E-state index in [4.69, 9.17) is 0 Å². The third kappa shape index (κ3) is 4.70. The Labute approximate surface area is 219 Å². The van der Waals surface area contributed by atoms with Gasteiger partial charge in [0, 0.05) is 44.8 Å².